The maximum absolute atomic E-state index is 12.4. The van der Waals surface area contributed by atoms with Crippen LogP contribution < -0.4 is 9.47 Å². The molecule has 0 N–H and O–H groups in total. The van der Waals surface area contributed by atoms with E-state index in [1.165, 1.54) is 0 Å². The standard InChI is InChI=1S/C17H23NO5/c1-10-15-11(7-12(21-5)9-13(15)22-6)8-14(19)18(10)16(20)23-17(2,3)4/h7,9-10H,8H2,1-6H3/t10-/m1/s1. The van der Waals surface area contributed by atoms with E-state index < -0.39 is 17.7 Å². The molecule has 0 fully saturated rings. The van der Waals surface area contributed by atoms with Crippen molar-refractivity contribution in [2.45, 2.75) is 45.8 Å². The maximum Gasteiger partial charge on any atom is 0.417 e. The molecule has 0 unspecified atom stereocenters. The van der Waals surface area contributed by atoms with E-state index in [2.05, 4.69) is 0 Å². The number of methoxy groups -OCH3 is 2. The van der Waals surface area contributed by atoms with Crippen LogP contribution in [0.15, 0.2) is 12.1 Å². The topological polar surface area (TPSA) is 65.1 Å². The van der Waals surface area contributed by atoms with Crippen molar-refractivity contribution in [1.82, 2.24) is 4.90 Å². The third-order valence-electron chi connectivity index (χ3n) is 3.66. The summed E-state index contributed by atoms with van der Waals surface area (Å²) in [5, 5.41) is 0. The Kier molecular flexibility index (Phi) is 4.54. The molecule has 1 atom stereocenters. The molecule has 0 radical (unpaired) electrons. The van der Waals surface area contributed by atoms with Crippen LogP contribution in [-0.4, -0.2) is 36.7 Å². The van der Waals surface area contributed by atoms with Gasteiger partial charge in [-0.05, 0) is 39.3 Å². The average molecular weight is 321 g/mol. The summed E-state index contributed by atoms with van der Waals surface area (Å²) in [4.78, 5) is 26.0. The molecule has 1 aromatic carbocycles. The second-order valence-corrected chi connectivity index (χ2v) is 6.50. The Balaban J connectivity index is 2.44. The fourth-order valence-corrected chi connectivity index (χ4v) is 2.73. The molecular weight excluding hydrogens is 298 g/mol. The van der Waals surface area contributed by atoms with Gasteiger partial charge < -0.3 is 14.2 Å². The molecule has 6 nitrogen and oxygen atoms in total. The van der Waals surface area contributed by atoms with Gasteiger partial charge in [0.15, 0.2) is 0 Å². The predicted molar refractivity (Wildman–Crippen MR) is 84.7 cm³/mol. The van der Waals surface area contributed by atoms with Crippen LogP contribution in [0.1, 0.15) is 44.9 Å². The first kappa shape index (κ1) is 17.1. The summed E-state index contributed by atoms with van der Waals surface area (Å²) in [5.74, 6) is 0.911. The van der Waals surface area contributed by atoms with Gasteiger partial charge in [0.05, 0.1) is 26.7 Å². The highest BCUT2D eigenvalue weighted by molar-refractivity contribution is 5.95. The minimum Gasteiger partial charge on any atom is -0.497 e. The summed E-state index contributed by atoms with van der Waals surface area (Å²) < 4.78 is 16.0. The predicted octanol–water partition coefficient (Wildman–Crippen LogP) is 3.08. The van der Waals surface area contributed by atoms with E-state index in [9.17, 15) is 9.59 Å². The number of nitrogens with zero attached hydrogens (tertiary/aromatic N) is 1. The second-order valence-electron chi connectivity index (χ2n) is 6.50. The number of carbonyl (C=O) groups is 2. The first-order chi connectivity index (χ1) is 10.7. The van der Waals surface area contributed by atoms with Gasteiger partial charge in [-0.2, -0.15) is 0 Å². The highest BCUT2D eigenvalue weighted by Gasteiger charge is 2.38. The van der Waals surface area contributed by atoms with E-state index in [0.29, 0.717) is 11.5 Å². The van der Waals surface area contributed by atoms with Gasteiger partial charge in [-0.15, -0.1) is 0 Å². The molecule has 1 aliphatic heterocycles. The van der Waals surface area contributed by atoms with Crippen LogP contribution in [0.25, 0.3) is 0 Å². The zero-order chi connectivity index (χ0) is 17.4. The molecule has 1 heterocycles. The minimum absolute atomic E-state index is 0.104. The monoisotopic (exact) mass is 321 g/mol. The van der Waals surface area contributed by atoms with Crippen LogP contribution in [0.3, 0.4) is 0 Å². The van der Waals surface area contributed by atoms with Crippen molar-refractivity contribution >= 4 is 12.0 Å². The number of benzene rings is 1. The van der Waals surface area contributed by atoms with E-state index in [1.54, 1.807) is 54.0 Å². The lowest BCUT2D eigenvalue weighted by Crippen LogP contribution is -2.45. The van der Waals surface area contributed by atoms with Gasteiger partial charge in [-0.1, -0.05) is 0 Å². The first-order valence-electron chi connectivity index (χ1n) is 7.47. The lowest BCUT2D eigenvalue weighted by molar-refractivity contribution is -0.132. The summed E-state index contributed by atoms with van der Waals surface area (Å²) in [6.07, 6.45) is -0.537. The SMILES string of the molecule is COc1cc2c(c(OC)c1)[C@@H](C)N(C(=O)OC(C)(C)C)C(=O)C2. The fraction of sp³-hybridized carbons (Fsp3) is 0.529. The number of rotatable bonds is 2. The zero-order valence-corrected chi connectivity index (χ0v) is 14.4. The molecule has 0 aromatic heterocycles. The first-order valence-corrected chi connectivity index (χ1v) is 7.47. The Labute approximate surface area is 136 Å². The molecule has 0 saturated carbocycles. The second kappa shape index (κ2) is 6.10. The molecule has 0 aliphatic carbocycles. The van der Waals surface area contributed by atoms with Gasteiger partial charge >= 0.3 is 6.09 Å². The van der Waals surface area contributed by atoms with Crippen molar-refractivity contribution in [2.24, 2.45) is 0 Å². The highest BCUT2D eigenvalue weighted by atomic mass is 16.6. The minimum atomic E-state index is -0.665. The lowest BCUT2D eigenvalue weighted by atomic mass is 9.92. The van der Waals surface area contributed by atoms with Gasteiger partial charge in [0.1, 0.15) is 17.1 Å². The summed E-state index contributed by atoms with van der Waals surface area (Å²) in [7, 11) is 3.11. The Morgan fingerprint density at radius 1 is 1.22 bits per heavy atom. The summed E-state index contributed by atoms with van der Waals surface area (Å²) >= 11 is 0. The summed E-state index contributed by atoms with van der Waals surface area (Å²) in [6, 6.07) is 3.08. The average Bonchev–Trinajstić information content (AvgIpc) is 2.43. The normalized spacial score (nSPS) is 17.6. The van der Waals surface area contributed by atoms with Gasteiger partial charge in [-0.25, -0.2) is 9.69 Å². The van der Waals surface area contributed by atoms with Crippen LogP contribution in [0, 0.1) is 0 Å². The van der Waals surface area contributed by atoms with Crippen molar-refractivity contribution in [1.29, 1.82) is 0 Å². The smallest absolute Gasteiger partial charge is 0.417 e. The molecule has 2 amide bonds. The van der Waals surface area contributed by atoms with Crippen LogP contribution in [-0.2, 0) is 16.0 Å². The Morgan fingerprint density at radius 2 is 1.87 bits per heavy atom. The Morgan fingerprint density at radius 3 is 2.39 bits per heavy atom. The number of fused-ring (bicyclic) bond motifs is 1. The molecule has 6 heteroatoms. The molecule has 1 aromatic rings. The third-order valence-corrected chi connectivity index (χ3v) is 3.66. The molecule has 0 saturated heterocycles. The highest BCUT2D eigenvalue weighted by Crippen LogP contribution is 2.40. The van der Waals surface area contributed by atoms with Crippen LogP contribution in [0.4, 0.5) is 4.79 Å². The van der Waals surface area contributed by atoms with Gasteiger partial charge in [-0.3, -0.25) is 4.79 Å². The van der Waals surface area contributed by atoms with E-state index in [0.717, 1.165) is 16.0 Å². The summed E-state index contributed by atoms with van der Waals surface area (Å²) in [5.41, 5.74) is 0.943. The number of carbonyl (C=O) groups excluding carboxylic acids is 2. The van der Waals surface area contributed by atoms with Crippen LogP contribution >= 0.6 is 0 Å². The number of imide groups is 1. The Bertz CT molecular complexity index is 633. The van der Waals surface area contributed by atoms with E-state index in [4.69, 9.17) is 14.2 Å². The van der Waals surface area contributed by atoms with E-state index >= 15 is 0 Å². The van der Waals surface area contributed by atoms with Gasteiger partial charge in [0, 0.05) is 11.6 Å². The van der Waals surface area contributed by atoms with Crippen molar-refractivity contribution in [2.75, 3.05) is 14.2 Å². The molecular formula is C17H23NO5. The molecule has 2 rings (SSSR count). The number of hydrogen-bond donors (Lipinski definition) is 0. The quantitative estimate of drug-likeness (QED) is 0.837. The maximum atomic E-state index is 12.4. The zero-order valence-electron chi connectivity index (χ0n) is 14.4. The van der Waals surface area contributed by atoms with Crippen LogP contribution in [0.5, 0.6) is 11.5 Å². The van der Waals surface area contributed by atoms with Gasteiger partial charge in [0.2, 0.25) is 5.91 Å². The largest absolute Gasteiger partial charge is 0.497 e. The number of hydrogen-bond acceptors (Lipinski definition) is 5. The molecule has 126 valence electrons. The van der Waals surface area contributed by atoms with Crippen molar-refractivity contribution < 1.29 is 23.8 Å². The summed E-state index contributed by atoms with van der Waals surface area (Å²) in [6.45, 7) is 7.09. The van der Waals surface area contributed by atoms with Crippen molar-refractivity contribution in [3.8, 4) is 11.5 Å². The number of amides is 2. The lowest BCUT2D eigenvalue weighted by Gasteiger charge is -2.35. The van der Waals surface area contributed by atoms with Gasteiger partial charge in [0.25, 0.3) is 0 Å². The van der Waals surface area contributed by atoms with E-state index in [-0.39, 0.29) is 12.3 Å². The fourth-order valence-electron chi connectivity index (χ4n) is 2.73. The molecule has 23 heavy (non-hydrogen) atoms. The Hall–Kier alpha value is -2.24. The third kappa shape index (κ3) is 3.41. The van der Waals surface area contributed by atoms with E-state index in [1.807, 2.05) is 0 Å². The molecule has 0 bridgehead atoms. The van der Waals surface area contributed by atoms with Crippen LogP contribution in [0.2, 0.25) is 0 Å². The molecule has 0 spiro atoms. The molecule has 1 aliphatic rings. The number of ether oxygens (including phenoxy) is 3. The van der Waals surface area contributed by atoms with Crippen molar-refractivity contribution in [3.63, 3.8) is 0 Å². The van der Waals surface area contributed by atoms with Crippen molar-refractivity contribution in [3.05, 3.63) is 23.3 Å².